The Kier molecular flexibility index (Phi) is 3.78. The Morgan fingerprint density at radius 2 is 1.40 bits per heavy atom. The van der Waals surface area contributed by atoms with Gasteiger partial charge in [-0.05, 0) is 48.5 Å². The lowest BCUT2D eigenvalue weighted by Crippen LogP contribution is -2.05. The van der Waals surface area contributed by atoms with Gasteiger partial charge in [0.2, 0.25) is 5.95 Å². The van der Waals surface area contributed by atoms with Crippen LogP contribution in [0.25, 0.3) is 64.8 Å². The molecule has 8 rings (SSSR count). The van der Waals surface area contributed by atoms with Gasteiger partial charge in [0.05, 0.1) is 27.6 Å². The van der Waals surface area contributed by atoms with Gasteiger partial charge in [0.25, 0.3) is 0 Å². The Balaban J connectivity index is 1.58. The molecule has 4 nitrogen and oxygen atoms in total. The van der Waals surface area contributed by atoms with Crippen molar-refractivity contribution in [2.75, 3.05) is 0 Å². The molecule has 4 heterocycles. The maximum atomic E-state index is 5.16. The van der Waals surface area contributed by atoms with Gasteiger partial charge in [-0.3, -0.25) is 14.1 Å². The summed E-state index contributed by atoms with van der Waals surface area (Å²) in [5.41, 5.74) is 6.30. The number of fused-ring (bicyclic) bond motifs is 8. The largest absolute Gasteiger partial charge is 0.278 e. The lowest BCUT2D eigenvalue weighted by molar-refractivity contribution is 0.955. The number of pyridine rings is 1. The van der Waals surface area contributed by atoms with E-state index < -0.39 is 0 Å². The molecule has 4 aromatic carbocycles. The van der Waals surface area contributed by atoms with E-state index in [1.807, 2.05) is 35.7 Å². The van der Waals surface area contributed by atoms with E-state index in [1.54, 1.807) is 0 Å². The molecule has 0 amide bonds. The predicted molar refractivity (Wildman–Crippen MR) is 146 cm³/mol. The number of thiophene rings is 1. The van der Waals surface area contributed by atoms with Crippen LogP contribution in [-0.2, 0) is 0 Å². The third kappa shape index (κ3) is 2.56. The van der Waals surface area contributed by atoms with Crippen LogP contribution in [0.4, 0.5) is 0 Å². The summed E-state index contributed by atoms with van der Waals surface area (Å²) < 4.78 is 7.09. The normalized spacial score (nSPS) is 12.0. The van der Waals surface area contributed by atoms with Crippen LogP contribution in [0.15, 0.2) is 109 Å². The van der Waals surface area contributed by atoms with Crippen LogP contribution in [0.2, 0.25) is 0 Å². The van der Waals surface area contributed by atoms with Crippen molar-refractivity contribution in [3.8, 4) is 11.6 Å². The number of rotatable bonds is 2. The van der Waals surface area contributed by atoms with Gasteiger partial charge in [0.15, 0.2) is 0 Å². The monoisotopic (exact) mass is 466 g/mol. The topological polar surface area (TPSA) is 35.6 Å². The Bertz CT molecular complexity index is 2060. The Labute approximate surface area is 204 Å². The third-order valence-electron chi connectivity index (χ3n) is 6.79. The summed E-state index contributed by atoms with van der Waals surface area (Å²) in [4.78, 5) is 10.0. The van der Waals surface area contributed by atoms with Crippen molar-refractivity contribution in [1.82, 2.24) is 19.1 Å². The molecule has 35 heavy (non-hydrogen) atoms. The summed E-state index contributed by atoms with van der Waals surface area (Å²) >= 11 is 1.84. The molecule has 8 aromatic rings. The fraction of sp³-hybridized carbons (Fsp3) is 0. The molecule has 0 fully saturated rings. The van der Waals surface area contributed by atoms with Gasteiger partial charge >= 0.3 is 0 Å². The number of imidazole rings is 1. The maximum absolute atomic E-state index is 5.16. The van der Waals surface area contributed by atoms with Gasteiger partial charge in [-0.15, -0.1) is 11.3 Å². The van der Waals surface area contributed by atoms with E-state index in [1.165, 1.54) is 25.6 Å². The molecular formula is C30H18N4S. The lowest BCUT2D eigenvalue weighted by atomic mass is 10.1. The van der Waals surface area contributed by atoms with E-state index in [0.29, 0.717) is 0 Å². The predicted octanol–water partition coefficient (Wildman–Crippen LogP) is 7.89. The molecule has 0 saturated heterocycles. The van der Waals surface area contributed by atoms with E-state index >= 15 is 0 Å². The first-order chi connectivity index (χ1) is 17.4. The van der Waals surface area contributed by atoms with E-state index in [2.05, 4.69) is 94.1 Å². The fourth-order valence-electron chi connectivity index (χ4n) is 5.30. The van der Waals surface area contributed by atoms with E-state index in [-0.39, 0.29) is 0 Å². The Hall–Kier alpha value is -4.48. The Morgan fingerprint density at radius 3 is 2.34 bits per heavy atom. The molecule has 0 bridgehead atoms. The molecule has 0 saturated carbocycles. The van der Waals surface area contributed by atoms with Crippen molar-refractivity contribution in [1.29, 1.82) is 0 Å². The molecule has 0 aliphatic rings. The summed E-state index contributed by atoms with van der Waals surface area (Å²) in [6, 6.07) is 36.1. The molecule has 0 atom stereocenters. The summed E-state index contributed by atoms with van der Waals surface area (Å²) in [7, 11) is 0. The maximum Gasteiger partial charge on any atom is 0.220 e. The highest BCUT2D eigenvalue weighted by molar-refractivity contribution is 7.26. The second-order valence-corrected chi connectivity index (χ2v) is 9.76. The van der Waals surface area contributed by atoms with Crippen molar-refractivity contribution in [3.05, 3.63) is 109 Å². The van der Waals surface area contributed by atoms with Gasteiger partial charge in [0.1, 0.15) is 0 Å². The zero-order valence-electron chi connectivity index (χ0n) is 18.6. The lowest BCUT2D eigenvalue weighted by Gasteiger charge is -2.12. The minimum atomic E-state index is 0.867. The summed E-state index contributed by atoms with van der Waals surface area (Å²) in [6.45, 7) is 0. The summed E-state index contributed by atoms with van der Waals surface area (Å²) in [5.74, 6) is 0.867. The van der Waals surface area contributed by atoms with Crippen LogP contribution in [0, 0.1) is 0 Å². The average Bonchev–Trinajstić information content (AvgIpc) is 3.58. The first-order valence-electron chi connectivity index (χ1n) is 11.6. The van der Waals surface area contributed by atoms with Gasteiger partial charge in [-0.25, -0.2) is 4.98 Å². The van der Waals surface area contributed by atoms with Crippen molar-refractivity contribution < 1.29 is 0 Å². The zero-order chi connectivity index (χ0) is 22.9. The van der Waals surface area contributed by atoms with E-state index in [9.17, 15) is 0 Å². The molecule has 4 aromatic heterocycles. The summed E-state index contributed by atoms with van der Waals surface area (Å²) in [5, 5.41) is 3.76. The molecule has 0 radical (unpaired) electrons. The number of benzene rings is 4. The highest BCUT2D eigenvalue weighted by Crippen LogP contribution is 2.42. The first-order valence-corrected chi connectivity index (χ1v) is 12.4. The van der Waals surface area contributed by atoms with Crippen LogP contribution < -0.4 is 0 Å². The van der Waals surface area contributed by atoms with Crippen LogP contribution >= 0.6 is 11.3 Å². The highest BCUT2D eigenvalue weighted by Gasteiger charge is 2.22. The SMILES string of the molecule is c1ccc(-n2c(-n3c4cccnc4c4c5sc6ccccc6c5ccc43)nc3ccccc32)cc1. The van der Waals surface area contributed by atoms with E-state index in [4.69, 9.17) is 9.97 Å². The quantitative estimate of drug-likeness (QED) is 0.260. The number of nitrogens with zero attached hydrogens (tertiary/aromatic N) is 4. The first kappa shape index (κ1) is 18.9. The smallest absolute Gasteiger partial charge is 0.220 e. The second kappa shape index (κ2) is 7.01. The fourth-order valence-corrected chi connectivity index (χ4v) is 6.55. The van der Waals surface area contributed by atoms with Crippen molar-refractivity contribution >= 4 is 64.5 Å². The van der Waals surface area contributed by atoms with Gasteiger partial charge in [0, 0.05) is 37.4 Å². The minimum absolute atomic E-state index is 0.867. The number of hydrogen-bond donors (Lipinski definition) is 0. The molecule has 0 spiro atoms. The number of para-hydroxylation sites is 3. The molecule has 0 aliphatic heterocycles. The average molecular weight is 467 g/mol. The molecule has 164 valence electrons. The Morgan fingerprint density at radius 1 is 0.600 bits per heavy atom. The van der Waals surface area contributed by atoms with Crippen LogP contribution in [-0.4, -0.2) is 19.1 Å². The third-order valence-corrected chi connectivity index (χ3v) is 7.99. The summed E-state index contributed by atoms with van der Waals surface area (Å²) in [6.07, 6.45) is 1.89. The molecule has 0 aliphatic carbocycles. The molecule has 0 unspecified atom stereocenters. The van der Waals surface area contributed by atoms with Crippen molar-refractivity contribution in [2.24, 2.45) is 0 Å². The standard InChI is InChI=1S/C30H18N4S/c1-2-9-19(10-3-1)33-23-13-6-5-12-22(23)32-30(33)34-24-17-16-21-20-11-4-7-15-26(20)35-29(21)27(24)28-25(34)14-8-18-31-28/h1-18H. The van der Waals surface area contributed by atoms with Gasteiger partial charge in [-0.1, -0.05) is 54.6 Å². The van der Waals surface area contributed by atoms with E-state index in [0.717, 1.165) is 39.2 Å². The zero-order valence-corrected chi connectivity index (χ0v) is 19.4. The number of aromatic nitrogens is 4. The highest BCUT2D eigenvalue weighted by atomic mass is 32.1. The second-order valence-electron chi connectivity index (χ2n) is 8.71. The van der Waals surface area contributed by atoms with Crippen LogP contribution in [0.3, 0.4) is 0 Å². The molecule has 5 heteroatoms. The van der Waals surface area contributed by atoms with Gasteiger partial charge < -0.3 is 0 Å². The van der Waals surface area contributed by atoms with Gasteiger partial charge in [-0.2, -0.15) is 0 Å². The molecular weight excluding hydrogens is 448 g/mol. The van der Waals surface area contributed by atoms with Crippen LogP contribution in [0.5, 0.6) is 0 Å². The van der Waals surface area contributed by atoms with Crippen LogP contribution in [0.1, 0.15) is 0 Å². The van der Waals surface area contributed by atoms with Crippen molar-refractivity contribution in [2.45, 2.75) is 0 Å². The number of hydrogen-bond acceptors (Lipinski definition) is 3. The van der Waals surface area contributed by atoms with Crippen molar-refractivity contribution in [3.63, 3.8) is 0 Å². The minimum Gasteiger partial charge on any atom is -0.278 e. The molecule has 0 N–H and O–H groups in total.